The van der Waals surface area contributed by atoms with E-state index in [-0.39, 0.29) is 11.5 Å². The number of nitrogens with one attached hydrogen (secondary N) is 1. The van der Waals surface area contributed by atoms with E-state index in [0.717, 1.165) is 36.1 Å². The number of aromatic nitrogens is 2. The molecule has 2 aromatic rings. The van der Waals surface area contributed by atoms with Gasteiger partial charge < -0.3 is 16.8 Å². The summed E-state index contributed by atoms with van der Waals surface area (Å²) >= 11 is 1.66. The van der Waals surface area contributed by atoms with Gasteiger partial charge >= 0.3 is 5.69 Å². The van der Waals surface area contributed by atoms with Gasteiger partial charge in [-0.25, -0.2) is 4.98 Å². The highest BCUT2D eigenvalue weighted by Crippen LogP contribution is 2.34. The Morgan fingerprint density at radius 3 is 2.55 bits per heavy atom. The van der Waals surface area contributed by atoms with Crippen molar-refractivity contribution in [3.8, 4) is 0 Å². The minimum absolute atomic E-state index is 0.0868. The number of hydrogen-bond donors (Lipinski definition) is 3. The molecule has 1 saturated carbocycles. The van der Waals surface area contributed by atoms with Gasteiger partial charge in [0.1, 0.15) is 5.69 Å². The molecule has 8 nitrogen and oxygen atoms in total. The van der Waals surface area contributed by atoms with Gasteiger partial charge in [0.15, 0.2) is 0 Å². The number of nitrogens with zero attached hydrogens (tertiary/aromatic N) is 3. The molecule has 1 fully saturated rings. The molecular weight excluding hydrogens is 388 g/mol. The Morgan fingerprint density at radius 1 is 1.21 bits per heavy atom. The molecule has 156 valence electrons. The van der Waals surface area contributed by atoms with Crippen molar-refractivity contribution < 1.29 is 4.92 Å². The molecule has 1 aliphatic carbocycles. The molecule has 1 aromatic heterocycles. The van der Waals surface area contributed by atoms with Crippen LogP contribution in [0.25, 0.3) is 0 Å². The lowest BCUT2D eigenvalue weighted by molar-refractivity contribution is -0.385. The Bertz CT molecular complexity index is 855. The molecule has 9 heteroatoms. The summed E-state index contributed by atoms with van der Waals surface area (Å²) in [6, 6.07) is 8.05. The predicted molar refractivity (Wildman–Crippen MR) is 117 cm³/mol. The van der Waals surface area contributed by atoms with Gasteiger partial charge in [-0.1, -0.05) is 18.2 Å². The number of rotatable bonds is 8. The second kappa shape index (κ2) is 9.89. The molecule has 3 rings (SSSR count). The van der Waals surface area contributed by atoms with Crippen LogP contribution in [0.2, 0.25) is 0 Å². The second-order valence-corrected chi connectivity index (χ2v) is 8.32. The fraction of sp³-hybridized carbons (Fsp3) is 0.500. The summed E-state index contributed by atoms with van der Waals surface area (Å²) in [6.07, 6.45) is 6.70. The van der Waals surface area contributed by atoms with E-state index in [1.54, 1.807) is 11.8 Å². The Labute approximate surface area is 175 Å². The highest BCUT2D eigenvalue weighted by Gasteiger charge is 2.27. The van der Waals surface area contributed by atoms with Crippen molar-refractivity contribution in [3.63, 3.8) is 0 Å². The Kier molecular flexibility index (Phi) is 7.27. The number of nitrogens with two attached hydrogens (primary N) is 2. The van der Waals surface area contributed by atoms with Gasteiger partial charge in [0, 0.05) is 11.4 Å². The van der Waals surface area contributed by atoms with Gasteiger partial charge in [0.25, 0.3) is 0 Å². The lowest BCUT2D eigenvalue weighted by atomic mass is 9.80. The predicted octanol–water partition coefficient (Wildman–Crippen LogP) is 3.61. The molecule has 0 unspecified atom stereocenters. The van der Waals surface area contributed by atoms with E-state index in [0.29, 0.717) is 43.0 Å². The largest absolute Gasteiger partial charge is 0.378 e. The summed E-state index contributed by atoms with van der Waals surface area (Å²) in [5.74, 6) is 1.16. The summed E-state index contributed by atoms with van der Waals surface area (Å²) < 4.78 is 0. The fourth-order valence-electron chi connectivity index (χ4n) is 3.91. The van der Waals surface area contributed by atoms with E-state index < -0.39 is 4.92 Å². The second-order valence-electron chi connectivity index (χ2n) is 7.48. The quantitative estimate of drug-likeness (QED) is 0.338. The Hall–Kier alpha value is -2.39. The van der Waals surface area contributed by atoms with Crippen molar-refractivity contribution in [1.82, 2.24) is 9.97 Å². The number of anilines is 2. The molecule has 0 spiro atoms. The smallest absolute Gasteiger partial charge is 0.332 e. The molecular formula is C20H28N6O2S. The number of benzene rings is 1. The lowest BCUT2D eigenvalue weighted by Gasteiger charge is -2.27. The minimum Gasteiger partial charge on any atom is -0.378 e. The van der Waals surface area contributed by atoms with Gasteiger partial charge in [-0.3, -0.25) is 10.1 Å². The SMILES string of the molecule is CSc1ccccc1CNc1nc(N)c([N+](=O)[O-])c(CC2CCC(CN)CC2)n1. The lowest BCUT2D eigenvalue weighted by Crippen LogP contribution is -2.23. The topological polar surface area (TPSA) is 133 Å². The summed E-state index contributed by atoms with van der Waals surface area (Å²) in [7, 11) is 0. The zero-order valence-corrected chi connectivity index (χ0v) is 17.5. The summed E-state index contributed by atoms with van der Waals surface area (Å²) in [5.41, 5.74) is 13.1. The summed E-state index contributed by atoms with van der Waals surface area (Å²) in [6.45, 7) is 1.23. The van der Waals surface area contributed by atoms with Crippen LogP contribution in [0.5, 0.6) is 0 Å². The van der Waals surface area contributed by atoms with Crippen LogP contribution in [-0.2, 0) is 13.0 Å². The maximum Gasteiger partial charge on any atom is 0.332 e. The van der Waals surface area contributed by atoms with Gasteiger partial charge in [0.05, 0.1) is 4.92 Å². The van der Waals surface area contributed by atoms with Crippen molar-refractivity contribution >= 4 is 29.2 Å². The molecule has 0 atom stereocenters. The van der Waals surface area contributed by atoms with Crippen molar-refractivity contribution in [2.24, 2.45) is 17.6 Å². The molecule has 0 aliphatic heterocycles. The number of thioether (sulfide) groups is 1. The maximum atomic E-state index is 11.6. The Balaban J connectivity index is 1.78. The first-order valence-electron chi connectivity index (χ1n) is 9.88. The van der Waals surface area contributed by atoms with E-state index >= 15 is 0 Å². The summed E-state index contributed by atoms with van der Waals surface area (Å²) in [4.78, 5) is 20.9. The normalized spacial score (nSPS) is 19.1. The third kappa shape index (κ3) is 5.36. The van der Waals surface area contributed by atoms with Crippen LogP contribution in [0.4, 0.5) is 17.5 Å². The third-order valence-corrected chi connectivity index (χ3v) is 6.42. The van der Waals surface area contributed by atoms with Gasteiger partial charge in [-0.15, -0.1) is 11.8 Å². The molecule has 1 heterocycles. The van der Waals surface area contributed by atoms with Crippen LogP contribution >= 0.6 is 11.8 Å². The van der Waals surface area contributed by atoms with Crippen LogP contribution in [0.3, 0.4) is 0 Å². The zero-order chi connectivity index (χ0) is 20.8. The van der Waals surface area contributed by atoms with E-state index in [4.69, 9.17) is 11.5 Å². The minimum atomic E-state index is -0.469. The van der Waals surface area contributed by atoms with Crippen LogP contribution in [0, 0.1) is 22.0 Å². The van der Waals surface area contributed by atoms with Gasteiger partial charge in [0.2, 0.25) is 11.8 Å². The number of nitrogen functional groups attached to an aromatic ring is 1. The highest BCUT2D eigenvalue weighted by atomic mass is 32.2. The first kappa shape index (κ1) is 21.3. The van der Waals surface area contributed by atoms with Crippen molar-refractivity contribution in [1.29, 1.82) is 0 Å². The first-order chi connectivity index (χ1) is 14.0. The van der Waals surface area contributed by atoms with Crippen LogP contribution in [0.15, 0.2) is 29.2 Å². The first-order valence-corrected chi connectivity index (χ1v) is 11.1. The molecule has 0 radical (unpaired) electrons. The molecule has 0 bridgehead atoms. The highest BCUT2D eigenvalue weighted by molar-refractivity contribution is 7.98. The van der Waals surface area contributed by atoms with Crippen molar-refractivity contribution in [3.05, 3.63) is 45.6 Å². The molecule has 29 heavy (non-hydrogen) atoms. The van der Waals surface area contributed by atoms with Crippen molar-refractivity contribution in [2.45, 2.75) is 43.5 Å². The number of hydrogen-bond acceptors (Lipinski definition) is 8. The third-order valence-electron chi connectivity index (χ3n) is 5.58. The summed E-state index contributed by atoms with van der Waals surface area (Å²) in [5, 5.41) is 14.7. The van der Waals surface area contributed by atoms with Gasteiger partial charge in [-0.2, -0.15) is 4.98 Å². The van der Waals surface area contributed by atoms with Crippen LogP contribution < -0.4 is 16.8 Å². The average molecular weight is 417 g/mol. The standard InChI is InChI=1S/C20H28N6O2S/c1-29-17-5-3-2-4-15(17)12-23-20-24-16(18(26(27)28)19(22)25-20)10-13-6-8-14(11-21)9-7-13/h2-5,13-14H,6-12,21H2,1H3,(H3,22,23,24,25). The van der Waals surface area contributed by atoms with E-state index in [1.165, 1.54) is 0 Å². The van der Waals surface area contributed by atoms with E-state index in [2.05, 4.69) is 21.4 Å². The fourth-order valence-corrected chi connectivity index (χ4v) is 4.53. The van der Waals surface area contributed by atoms with Crippen LogP contribution in [-0.4, -0.2) is 27.7 Å². The number of nitro groups is 1. The zero-order valence-electron chi connectivity index (χ0n) is 16.6. The maximum absolute atomic E-state index is 11.6. The Morgan fingerprint density at radius 2 is 1.90 bits per heavy atom. The molecule has 0 saturated heterocycles. The molecule has 5 N–H and O–H groups in total. The van der Waals surface area contributed by atoms with Crippen molar-refractivity contribution in [2.75, 3.05) is 23.9 Å². The molecule has 0 amide bonds. The average Bonchev–Trinajstić information content (AvgIpc) is 2.72. The van der Waals surface area contributed by atoms with Gasteiger partial charge in [-0.05, 0) is 68.4 Å². The van der Waals surface area contributed by atoms with E-state index in [9.17, 15) is 10.1 Å². The molecule has 1 aliphatic rings. The monoisotopic (exact) mass is 416 g/mol. The molecule has 1 aromatic carbocycles. The van der Waals surface area contributed by atoms with E-state index in [1.807, 2.05) is 24.5 Å². The van der Waals surface area contributed by atoms with Crippen LogP contribution in [0.1, 0.15) is 36.9 Å².